The maximum Gasteiger partial charge on any atom is 0.254 e. The van der Waals surface area contributed by atoms with Crippen molar-refractivity contribution in [3.63, 3.8) is 0 Å². The highest BCUT2D eigenvalue weighted by molar-refractivity contribution is 5.96. The minimum atomic E-state index is -0.148. The van der Waals surface area contributed by atoms with Crippen molar-refractivity contribution in [2.24, 2.45) is 5.92 Å². The average molecular weight is 479 g/mol. The molecule has 0 aliphatic carbocycles. The summed E-state index contributed by atoms with van der Waals surface area (Å²) in [6.45, 7) is 5.35. The van der Waals surface area contributed by atoms with Gasteiger partial charge >= 0.3 is 0 Å². The van der Waals surface area contributed by atoms with E-state index >= 15 is 0 Å². The van der Waals surface area contributed by atoms with Crippen LogP contribution in [0.25, 0.3) is 0 Å². The lowest BCUT2D eigenvalue weighted by molar-refractivity contribution is -0.132. The van der Waals surface area contributed by atoms with Crippen LogP contribution >= 0.6 is 0 Å². The van der Waals surface area contributed by atoms with Gasteiger partial charge in [-0.3, -0.25) is 9.59 Å². The predicted octanol–water partition coefficient (Wildman–Crippen LogP) is 4.67. The lowest BCUT2D eigenvalue weighted by Gasteiger charge is -2.28. The number of furan rings is 1. The van der Waals surface area contributed by atoms with Gasteiger partial charge in [0.05, 0.1) is 27.0 Å². The van der Waals surface area contributed by atoms with Gasteiger partial charge < -0.3 is 23.7 Å². The lowest BCUT2D eigenvalue weighted by Crippen LogP contribution is -2.44. The summed E-state index contributed by atoms with van der Waals surface area (Å²) < 4.78 is 16.2. The summed E-state index contributed by atoms with van der Waals surface area (Å²) in [4.78, 5) is 30.0. The Bertz CT molecular complexity index is 1080. The number of hydrogen-bond donors (Lipinski definition) is 0. The molecule has 0 bridgehead atoms. The van der Waals surface area contributed by atoms with E-state index in [2.05, 4.69) is 0 Å². The lowest BCUT2D eigenvalue weighted by atomic mass is 10.1. The second kappa shape index (κ2) is 12.6. The van der Waals surface area contributed by atoms with Crippen LogP contribution in [0.2, 0.25) is 0 Å². The standard InChI is InChI=1S/C28H34N2O5/c1-21(2)18-30(28(32)23-9-6-5-7-10-23)20-27(31)29(19-24-11-8-16-35-24)15-14-22-12-13-25(33-3)26(17-22)34-4/h5-13,16-17,21H,14-15,18-20H2,1-4H3. The number of benzene rings is 2. The topological polar surface area (TPSA) is 72.2 Å². The van der Waals surface area contributed by atoms with E-state index in [-0.39, 0.29) is 24.3 Å². The van der Waals surface area contributed by atoms with Gasteiger partial charge in [-0.2, -0.15) is 0 Å². The Kier molecular flexibility index (Phi) is 9.35. The number of carbonyl (C=O) groups is 2. The molecule has 0 spiro atoms. The van der Waals surface area contributed by atoms with Crippen molar-refractivity contribution in [3.05, 3.63) is 83.8 Å². The molecule has 7 nitrogen and oxygen atoms in total. The second-order valence-electron chi connectivity index (χ2n) is 8.78. The highest BCUT2D eigenvalue weighted by Gasteiger charge is 2.24. The van der Waals surface area contributed by atoms with Crippen molar-refractivity contribution < 1.29 is 23.5 Å². The Morgan fingerprint density at radius 1 is 0.914 bits per heavy atom. The van der Waals surface area contributed by atoms with Gasteiger partial charge in [-0.05, 0) is 54.3 Å². The molecule has 3 aromatic rings. The summed E-state index contributed by atoms with van der Waals surface area (Å²) in [5.41, 5.74) is 1.59. The number of rotatable bonds is 12. The third kappa shape index (κ3) is 7.37. The zero-order valence-electron chi connectivity index (χ0n) is 20.9. The smallest absolute Gasteiger partial charge is 0.254 e. The summed E-state index contributed by atoms with van der Waals surface area (Å²) in [6, 6.07) is 18.5. The van der Waals surface area contributed by atoms with Crippen LogP contribution in [-0.2, 0) is 17.8 Å². The third-order valence-corrected chi connectivity index (χ3v) is 5.62. The Balaban J connectivity index is 1.77. The molecule has 2 aromatic carbocycles. The zero-order chi connectivity index (χ0) is 25.2. The van der Waals surface area contributed by atoms with Gasteiger partial charge in [0.25, 0.3) is 5.91 Å². The molecule has 1 heterocycles. The van der Waals surface area contributed by atoms with Crippen LogP contribution in [0.1, 0.15) is 35.5 Å². The first-order valence-corrected chi connectivity index (χ1v) is 11.8. The first-order chi connectivity index (χ1) is 16.9. The van der Waals surface area contributed by atoms with E-state index in [9.17, 15) is 9.59 Å². The predicted molar refractivity (Wildman–Crippen MR) is 135 cm³/mol. The summed E-state index contributed by atoms with van der Waals surface area (Å²) in [6.07, 6.45) is 2.21. The molecule has 0 aliphatic rings. The van der Waals surface area contributed by atoms with Crippen LogP contribution in [0, 0.1) is 5.92 Å². The molecule has 0 N–H and O–H groups in total. The van der Waals surface area contributed by atoms with Crippen molar-refractivity contribution in [1.82, 2.24) is 9.80 Å². The van der Waals surface area contributed by atoms with Crippen LogP contribution in [-0.4, -0.2) is 55.5 Å². The highest BCUT2D eigenvalue weighted by atomic mass is 16.5. The Morgan fingerprint density at radius 2 is 1.66 bits per heavy atom. The molecule has 0 unspecified atom stereocenters. The minimum absolute atomic E-state index is 0.00144. The van der Waals surface area contributed by atoms with Gasteiger partial charge in [0.15, 0.2) is 11.5 Å². The van der Waals surface area contributed by atoms with Crippen LogP contribution in [0.3, 0.4) is 0 Å². The Labute approximate surface area is 207 Å². The van der Waals surface area contributed by atoms with Crippen LogP contribution < -0.4 is 9.47 Å². The molecule has 35 heavy (non-hydrogen) atoms. The molecule has 1 aromatic heterocycles. The molecule has 186 valence electrons. The van der Waals surface area contributed by atoms with Crippen molar-refractivity contribution in [2.45, 2.75) is 26.8 Å². The van der Waals surface area contributed by atoms with E-state index in [1.807, 2.05) is 56.3 Å². The molecule has 3 rings (SSSR count). The fourth-order valence-corrected chi connectivity index (χ4v) is 3.87. The zero-order valence-corrected chi connectivity index (χ0v) is 20.9. The number of ether oxygens (including phenoxy) is 2. The molecule has 0 atom stereocenters. The number of hydrogen-bond acceptors (Lipinski definition) is 5. The monoisotopic (exact) mass is 478 g/mol. The minimum Gasteiger partial charge on any atom is -0.493 e. The summed E-state index contributed by atoms with van der Waals surface area (Å²) in [7, 11) is 3.20. The van der Waals surface area contributed by atoms with Crippen LogP contribution in [0.15, 0.2) is 71.3 Å². The number of amides is 2. The van der Waals surface area contributed by atoms with Crippen molar-refractivity contribution in [3.8, 4) is 11.5 Å². The highest BCUT2D eigenvalue weighted by Crippen LogP contribution is 2.27. The molecular weight excluding hydrogens is 444 g/mol. The number of nitrogens with zero attached hydrogens (tertiary/aromatic N) is 2. The third-order valence-electron chi connectivity index (χ3n) is 5.62. The number of carbonyl (C=O) groups excluding carboxylic acids is 2. The first-order valence-electron chi connectivity index (χ1n) is 11.8. The van der Waals surface area contributed by atoms with Gasteiger partial charge in [-0.1, -0.05) is 38.1 Å². The van der Waals surface area contributed by atoms with Gasteiger partial charge in [0.1, 0.15) is 12.3 Å². The number of methoxy groups -OCH3 is 2. The fourth-order valence-electron chi connectivity index (χ4n) is 3.87. The average Bonchev–Trinajstić information content (AvgIpc) is 3.39. The van der Waals surface area contributed by atoms with Gasteiger partial charge in [0.2, 0.25) is 5.91 Å². The maximum atomic E-state index is 13.5. The van der Waals surface area contributed by atoms with Crippen LogP contribution in [0.5, 0.6) is 11.5 Å². The molecule has 0 saturated heterocycles. The molecule has 7 heteroatoms. The van der Waals surface area contributed by atoms with E-state index in [4.69, 9.17) is 13.9 Å². The maximum absolute atomic E-state index is 13.5. The molecule has 0 fully saturated rings. The second-order valence-corrected chi connectivity index (χ2v) is 8.78. The summed E-state index contributed by atoms with van der Waals surface area (Å²) in [5, 5.41) is 0. The first kappa shape index (κ1) is 25.9. The van der Waals surface area contributed by atoms with Crippen molar-refractivity contribution in [2.75, 3.05) is 33.9 Å². The van der Waals surface area contributed by atoms with Gasteiger partial charge in [-0.25, -0.2) is 0 Å². The molecule has 2 amide bonds. The van der Waals surface area contributed by atoms with Crippen molar-refractivity contribution >= 4 is 11.8 Å². The summed E-state index contributed by atoms with van der Waals surface area (Å²) >= 11 is 0. The largest absolute Gasteiger partial charge is 0.493 e. The molecule has 0 saturated carbocycles. The van der Waals surface area contributed by atoms with Gasteiger partial charge in [0, 0.05) is 18.7 Å². The van der Waals surface area contributed by atoms with Crippen molar-refractivity contribution in [1.29, 1.82) is 0 Å². The normalized spacial score (nSPS) is 10.8. The fraction of sp³-hybridized carbons (Fsp3) is 0.357. The van der Waals surface area contributed by atoms with E-state index in [0.717, 1.165) is 5.56 Å². The van der Waals surface area contributed by atoms with Crippen LogP contribution in [0.4, 0.5) is 0 Å². The van der Waals surface area contributed by atoms with E-state index in [1.165, 1.54) is 0 Å². The molecule has 0 aliphatic heterocycles. The van der Waals surface area contributed by atoms with Gasteiger partial charge in [-0.15, -0.1) is 0 Å². The van der Waals surface area contributed by atoms with E-state index in [0.29, 0.717) is 48.9 Å². The van der Waals surface area contributed by atoms with E-state index < -0.39 is 0 Å². The quantitative estimate of drug-likeness (QED) is 0.378. The summed E-state index contributed by atoms with van der Waals surface area (Å²) in [5.74, 6) is 1.93. The van der Waals surface area contributed by atoms with E-state index in [1.54, 1.807) is 48.5 Å². The Morgan fingerprint density at radius 3 is 2.29 bits per heavy atom. The Hall–Kier alpha value is -3.74. The molecule has 0 radical (unpaired) electrons. The molecular formula is C28H34N2O5. The SMILES string of the molecule is COc1ccc(CCN(Cc2ccco2)C(=O)CN(CC(C)C)C(=O)c2ccccc2)cc1OC.